The van der Waals surface area contributed by atoms with E-state index < -0.39 is 11.2 Å². The van der Waals surface area contributed by atoms with Crippen LogP contribution in [-0.4, -0.2) is 14.3 Å². The van der Waals surface area contributed by atoms with Crippen LogP contribution < -0.4 is 0 Å². The van der Waals surface area contributed by atoms with E-state index in [0.717, 1.165) is 19.5 Å². The molecule has 0 saturated carbocycles. The lowest BCUT2D eigenvalue weighted by atomic mass is 10.2. The molecule has 0 aromatic rings. The van der Waals surface area contributed by atoms with E-state index in [2.05, 4.69) is 0 Å². The Balaban J connectivity index is 2.28. The monoisotopic (exact) mass is 266 g/mol. The smallest absolute Gasteiger partial charge is 0.172 e. The summed E-state index contributed by atoms with van der Waals surface area (Å²) >= 11 is 9.20. The molecule has 0 N–H and O–H groups in total. The number of hydrogen-bond donors (Lipinski definition) is 0. The zero-order chi connectivity index (χ0) is 11.5. The van der Waals surface area contributed by atoms with Crippen LogP contribution in [0.3, 0.4) is 0 Å². The van der Waals surface area contributed by atoms with Crippen LogP contribution in [0.5, 0.6) is 0 Å². The Morgan fingerprint density at radius 2 is 1.38 bits per heavy atom. The molecule has 0 spiro atoms. The molecule has 2 aliphatic rings. The summed E-state index contributed by atoms with van der Waals surface area (Å²) in [5.41, 5.74) is 0. The van der Waals surface area contributed by atoms with Crippen LogP contribution in [0.2, 0.25) is 0 Å². The third kappa shape index (κ3) is 2.40. The standard InChI is InChI=1S/C12H10OS3/c13-16(11-7-3-1-5-9(11)14)12-8-4-2-6-10(12)15/h1-4,7-8H,5-6H2. The van der Waals surface area contributed by atoms with E-state index in [0.29, 0.717) is 12.8 Å². The zero-order valence-corrected chi connectivity index (χ0v) is 11.0. The van der Waals surface area contributed by atoms with Gasteiger partial charge in [0.2, 0.25) is 0 Å². The molecule has 0 aromatic carbocycles. The van der Waals surface area contributed by atoms with Crippen LogP contribution in [0, 0.1) is 0 Å². The maximum Gasteiger partial charge on any atom is 0.172 e. The van der Waals surface area contributed by atoms with Gasteiger partial charge in [0.15, 0.2) is 9.81 Å². The Bertz CT molecular complexity index is 413. The molecule has 0 unspecified atom stereocenters. The molecule has 2 rings (SSSR count). The van der Waals surface area contributed by atoms with Crippen LogP contribution in [0.4, 0.5) is 0 Å². The molecule has 0 amide bonds. The van der Waals surface area contributed by atoms with Crippen LogP contribution in [-0.2, 0) is 11.2 Å². The van der Waals surface area contributed by atoms with Gasteiger partial charge in [-0.1, -0.05) is 48.7 Å². The van der Waals surface area contributed by atoms with Crippen molar-refractivity contribution in [1.82, 2.24) is 0 Å². The van der Waals surface area contributed by atoms with Crippen molar-refractivity contribution < 1.29 is 4.55 Å². The van der Waals surface area contributed by atoms with Gasteiger partial charge in [0.1, 0.15) is 0 Å². The predicted molar refractivity (Wildman–Crippen MR) is 77.0 cm³/mol. The topological polar surface area (TPSA) is 23.1 Å². The lowest BCUT2D eigenvalue weighted by molar-refractivity contribution is 0.609. The van der Waals surface area contributed by atoms with Gasteiger partial charge in [-0.15, -0.1) is 0 Å². The van der Waals surface area contributed by atoms with Gasteiger partial charge in [0.25, 0.3) is 0 Å². The van der Waals surface area contributed by atoms with Gasteiger partial charge in [-0.05, 0) is 12.2 Å². The van der Waals surface area contributed by atoms with Crippen molar-refractivity contribution in [3.8, 4) is 0 Å². The molecule has 0 aromatic heterocycles. The first-order chi connectivity index (χ1) is 7.70. The van der Waals surface area contributed by atoms with Gasteiger partial charge in [0.05, 0.1) is 9.73 Å². The molecule has 1 nitrogen and oxygen atoms in total. The second-order valence-electron chi connectivity index (χ2n) is 3.44. The molecule has 0 atom stereocenters. The summed E-state index contributed by atoms with van der Waals surface area (Å²) in [5.74, 6) is 0. The second kappa shape index (κ2) is 5.19. The van der Waals surface area contributed by atoms with Gasteiger partial charge in [0, 0.05) is 24.0 Å². The third-order valence-corrected chi connectivity index (χ3v) is 4.92. The number of thiocarbonyl (C=S) groups is 2. The Morgan fingerprint density at radius 1 is 0.938 bits per heavy atom. The minimum Gasteiger partial charge on any atom is -0.606 e. The molecule has 0 saturated heterocycles. The normalized spacial score (nSPS) is 20.1. The van der Waals surface area contributed by atoms with Gasteiger partial charge < -0.3 is 4.55 Å². The highest BCUT2D eigenvalue weighted by Crippen LogP contribution is 2.26. The van der Waals surface area contributed by atoms with E-state index in [1.807, 2.05) is 36.5 Å². The minimum absolute atomic E-state index is 0.697. The molecule has 2 aliphatic carbocycles. The fourth-order valence-corrected chi connectivity index (χ4v) is 3.50. The van der Waals surface area contributed by atoms with Crippen molar-refractivity contribution in [1.29, 1.82) is 0 Å². The summed E-state index contributed by atoms with van der Waals surface area (Å²) in [7, 11) is 0. The van der Waals surface area contributed by atoms with E-state index in [9.17, 15) is 4.55 Å². The van der Waals surface area contributed by atoms with Gasteiger partial charge in [-0.25, -0.2) is 0 Å². The summed E-state index contributed by atoms with van der Waals surface area (Å²) in [4.78, 5) is 2.95. The van der Waals surface area contributed by atoms with Crippen molar-refractivity contribution in [2.24, 2.45) is 0 Å². The molecule has 0 bridgehead atoms. The molecule has 0 aliphatic heterocycles. The van der Waals surface area contributed by atoms with Gasteiger partial charge in [-0.2, -0.15) is 0 Å². The van der Waals surface area contributed by atoms with Crippen LogP contribution in [0.1, 0.15) is 12.8 Å². The highest BCUT2D eigenvalue weighted by Gasteiger charge is 2.27. The lowest BCUT2D eigenvalue weighted by Gasteiger charge is -2.18. The molecule has 4 heteroatoms. The van der Waals surface area contributed by atoms with Crippen molar-refractivity contribution in [2.75, 3.05) is 0 Å². The predicted octanol–water partition coefficient (Wildman–Crippen LogP) is 3.16. The van der Waals surface area contributed by atoms with E-state index in [1.54, 1.807) is 0 Å². The van der Waals surface area contributed by atoms with Crippen LogP contribution in [0.25, 0.3) is 0 Å². The third-order valence-electron chi connectivity index (χ3n) is 2.32. The second-order valence-corrected chi connectivity index (χ2v) is 5.84. The Hall–Kier alpha value is -0.550. The quantitative estimate of drug-likeness (QED) is 0.566. The van der Waals surface area contributed by atoms with E-state index in [1.165, 1.54) is 0 Å². The summed E-state index contributed by atoms with van der Waals surface area (Å²) in [5, 5.41) is 0. The van der Waals surface area contributed by atoms with Crippen LogP contribution in [0.15, 0.2) is 46.3 Å². The number of hydrogen-bond acceptors (Lipinski definition) is 3. The summed E-state index contributed by atoms with van der Waals surface area (Å²) in [6.07, 6.45) is 12.8. The summed E-state index contributed by atoms with van der Waals surface area (Å²) in [6, 6.07) is 0. The first-order valence-corrected chi connectivity index (χ1v) is 6.88. The first kappa shape index (κ1) is 11.9. The summed E-state index contributed by atoms with van der Waals surface area (Å²) < 4.78 is 12.3. The SMILES string of the molecule is [O-][S+](C1=CC=CCC1=S)C1=CC=CCC1=S. The van der Waals surface area contributed by atoms with Gasteiger partial charge >= 0.3 is 0 Å². The fourth-order valence-electron chi connectivity index (χ4n) is 1.50. The molecule has 16 heavy (non-hydrogen) atoms. The number of rotatable bonds is 2. The van der Waals surface area contributed by atoms with Crippen molar-refractivity contribution in [3.05, 3.63) is 46.3 Å². The molecule has 0 heterocycles. The first-order valence-electron chi connectivity index (χ1n) is 4.92. The molecule has 0 radical (unpaired) electrons. The van der Waals surface area contributed by atoms with Crippen molar-refractivity contribution in [2.45, 2.75) is 12.8 Å². The average molecular weight is 266 g/mol. The Labute approximate surface area is 109 Å². The number of allylic oxidation sites excluding steroid dienone is 8. The van der Waals surface area contributed by atoms with Crippen molar-refractivity contribution >= 4 is 45.3 Å². The maximum absolute atomic E-state index is 12.3. The highest BCUT2D eigenvalue weighted by atomic mass is 32.2. The highest BCUT2D eigenvalue weighted by molar-refractivity contribution is 8.03. The maximum atomic E-state index is 12.3. The Kier molecular flexibility index (Phi) is 3.86. The summed E-state index contributed by atoms with van der Waals surface area (Å²) in [6.45, 7) is 0. The van der Waals surface area contributed by atoms with Crippen molar-refractivity contribution in [3.63, 3.8) is 0 Å². The minimum atomic E-state index is -1.22. The Morgan fingerprint density at radius 3 is 1.75 bits per heavy atom. The largest absolute Gasteiger partial charge is 0.606 e. The average Bonchev–Trinajstić information content (AvgIpc) is 2.29. The molecular formula is C12H10OS3. The fraction of sp³-hybridized carbons (Fsp3) is 0.167. The van der Waals surface area contributed by atoms with E-state index >= 15 is 0 Å². The molecule has 0 fully saturated rings. The van der Waals surface area contributed by atoms with E-state index in [4.69, 9.17) is 24.4 Å². The van der Waals surface area contributed by atoms with E-state index in [-0.39, 0.29) is 0 Å². The van der Waals surface area contributed by atoms with Gasteiger partial charge in [-0.3, -0.25) is 0 Å². The molecule has 82 valence electrons. The van der Waals surface area contributed by atoms with Crippen LogP contribution >= 0.6 is 24.4 Å². The lowest BCUT2D eigenvalue weighted by Crippen LogP contribution is -2.19. The zero-order valence-electron chi connectivity index (χ0n) is 8.51. The molecular weight excluding hydrogens is 256 g/mol.